The Morgan fingerprint density at radius 3 is 2.08 bits per heavy atom. The number of nitrogens with zero attached hydrogens (tertiary/aromatic N) is 12. The maximum Gasteiger partial charge on any atom is 0.309 e. The lowest BCUT2D eigenvalue weighted by Gasteiger charge is -2.40. The Kier molecular flexibility index (Phi) is 22.6. The van der Waals surface area contributed by atoms with Gasteiger partial charge in [-0.2, -0.15) is 20.5 Å². The summed E-state index contributed by atoms with van der Waals surface area (Å²) in [4.78, 5) is 66.1. The molecule has 24 nitrogen and oxygen atoms in total. The molecule has 28 heteroatoms. The van der Waals surface area contributed by atoms with Crippen LogP contribution in [0, 0.1) is 62.1 Å². The van der Waals surface area contributed by atoms with E-state index in [0.717, 1.165) is 58.7 Å². The monoisotopic (exact) mass is 1390 g/mol. The zero-order chi connectivity index (χ0) is 70.0. The summed E-state index contributed by atoms with van der Waals surface area (Å²) in [5.41, 5.74) is 8.45. The number of rotatable bonds is 18. The molecule has 2 bridgehead atoms. The fraction of sp³-hybridized carbons (Fsp3) is 0.406. The lowest BCUT2D eigenvalue weighted by Crippen LogP contribution is -2.46. The van der Waals surface area contributed by atoms with Crippen molar-refractivity contribution in [2.75, 3.05) is 17.6 Å². The van der Waals surface area contributed by atoms with E-state index < -0.39 is 46.1 Å². The third-order valence-corrected chi connectivity index (χ3v) is 18.1. The minimum atomic E-state index is -2.62. The zero-order valence-electron chi connectivity index (χ0n) is 55.3. The maximum atomic E-state index is 13.6. The van der Waals surface area contributed by atoms with Gasteiger partial charge in [-0.15, -0.1) is 20.4 Å². The van der Waals surface area contributed by atoms with Crippen LogP contribution < -0.4 is 37.3 Å². The Hall–Kier alpha value is -10.1. The number of anilines is 3. The minimum absolute atomic E-state index is 0.00294. The first-order valence-corrected chi connectivity index (χ1v) is 32.6. The van der Waals surface area contributed by atoms with E-state index in [2.05, 4.69) is 127 Å². The van der Waals surface area contributed by atoms with Crippen molar-refractivity contribution in [2.24, 2.45) is 13.0 Å². The van der Waals surface area contributed by atoms with Gasteiger partial charge in [0.25, 0.3) is 11.5 Å². The Morgan fingerprint density at radius 1 is 0.845 bits per heavy atom. The average molecular weight is 1390 g/mol. The highest BCUT2D eigenvalue weighted by Gasteiger charge is 2.43. The highest BCUT2D eigenvalue weighted by atomic mass is 79.9. The van der Waals surface area contributed by atoms with Gasteiger partial charge in [0.15, 0.2) is 5.69 Å². The van der Waals surface area contributed by atoms with Crippen LogP contribution in [0.25, 0.3) is 0 Å². The van der Waals surface area contributed by atoms with Crippen LogP contribution in [0.1, 0.15) is 181 Å². The summed E-state index contributed by atoms with van der Waals surface area (Å²) in [6.07, 6.45) is 5.59. The number of benzene rings is 4. The van der Waals surface area contributed by atoms with E-state index in [4.69, 9.17) is 25.4 Å². The number of aromatic nitrogens is 9. The number of hydrogen-bond donors (Lipinski definition) is 6. The summed E-state index contributed by atoms with van der Waals surface area (Å²) < 4.78 is 55.2. The number of piperidine rings is 1. The number of aromatic hydroxyl groups is 1. The van der Waals surface area contributed by atoms with Gasteiger partial charge in [0.1, 0.15) is 39.3 Å². The van der Waals surface area contributed by atoms with Gasteiger partial charge in [0, 0.05) is 75.6 Å². The van der Waals surface area contributed by atoms with Gasteiger partial charge in [-0.05, 0) is 166 Å². The number of carbonyl (C=O) groups excluding carboxylic acids is 3. The Labute approximate surface area is 567 Å². The molecule has 3 aliphatic rings. The molecule has 8 aromatic rings. The smallest absolute Gasteiger partial charge is 0.309 e. The lowest BCUT2D eigenvalue weighted by molar-refractivity contribution is -0.130. The molecule has 97 heavy (non-hydrogen) atoms. The largest absolute Gasteiger partial charge is 0.501 e. The quantitative estimate of drug-likeness (QED) is 0.0465. The van der Waals surface area contributed by atoms with Gasteiger partial charge in [0.05, 0.1) is 34.8 Å². The van der Waals surface area contributed by atoms with Crippen LogP contribution in [0.4, 0.5) is 30.6 Å². The topological polar surface area (TPSA) is 336 Å². The van der Waals surface area contributed by atoms with Crippen LogP contribution in [0.15, 0.2) is 105 Å². The van der Waals surface area contributed by atoms with Crippen LogP contribution in [0.3, 0.4) is 0 Å². The van der Waals surface area contributed by atoms with Crippen molar-refractivity contribution in [2.45, 2.75) is 161 Å². The van der Waals surface area contributed by atoms with Crippen LogP contribution >= 0.6 is 15.9 Å². The zero-order valence-corrected chi connectivity index (χ0v) is 56.8. The van der Waals surface area contributed by atoms with Crippen LogP contribution in [-0.4, -0.2) is 96.8 Å². The van der Waals surface area contributed by atoms with Crippen molar-refractivity contribution in [3.63, 3.8) is 0 Å². The molecular weight excluding hydrogens is 1320 g/mol. The van der Waals surface area contributed by atoms with Crippen molar-refractivity contribution >= 4 is 51.1 Å². The number of halogens is 4. The number of amides is 3. The average Bonchev–Trinajstić information content (AvgIpc) is 1.77. The third kappa shape index (κ3) is 17.5. The first kappa shape index (κ1) is 71.2. The Morgan fingerprint density at radius 2 is 1.48 bits per heavy atom. The molecule has 1 unspecified atom stereocenters. The van der Waals surface area contributed by atoms with Crippen molar-refractivity contribution in [1.82, 2.24) is 65.3 Å². The SMILES string of the molecule is Cc1cc(C#N)cc(C)c1Oc1nc(Nc2ccc(C#N)cc2)nc(N)c1Br.Cc1nnc(C(=O)NC(C)(C)c2nc(C(=O)NCc3ccc(F)cc3)c(O)c(=O)n2C)o1.Cc1nnc(C(C)C)n1C1C[C@H]2CC[C@@H](C1)N2CC[C@H](NC(=O)C1CCC(F)(F)CC1)c1ccccc1. The van der Waals surface area contributed by atoms with Crippen LogP contribution in [-0.2, 0) is 23.9 Å². The molecule has 0 spiro atoms. The third-order valence-electron chi connectivity index (χ3n) is 17.4. The highest BCUT2D eigenvalue weighted by Crippen LogP contribution is 2.43. The summed E-state index contributed by atoms with van der Waals surface area (Å²) in [5, 5.41) is 55.7. The molecule has 4 atom stereocenters. The predicted molar refractivity (Wildman–Crippen MR) is 357 cm³/mol. The number of aryl methyl sites for hydroxylation is 4. The lowest BCUT2D eigenvalue weighted by atomic mass is 9.86. The molecule has 1 aliphatic carbocycles. The van der Waals surface area contributed by atoms with E-state index in [1.54, 1.807) is 50.2 Å². The van der Waals surface area contributed by atoms with E-state index >= 15 is 0 Å². The number of ether oxygens (including phenoxy) is 1. The number of nitrogens with two attached hydrogens (primary N) is 1. The number of nitrogen functional groups attached to an aromatic ring is 1. The Balaban J connectivity index is 0.000000172. The van der Waals surface area contributed by atoms with Gasteiger partial charge in [-0.3, -0.25) is 28.6 Å². The number of nitrogens with one attached hydrogen (secondary N) is 4. The number of alkyl halides is 2. The minimum Gasteiger partial charge on any atom is -0.501 e. The second kappa shape index (κ2) is 30.8. The molecule has 4 aromatic heterocycles. The number of fused-ring (bicyclic) bond motifs is 2. The van der Waals surface area contributed by atoms with E-state index in [9.17, 15) is 37.5 Å². The van der Waals surface area contributed by atoms with Gasteiger partial charge >= 0.3 is 11.8 Å². The molecule has 2 saturated heterocycles. The van der Waals surface area contributed by atoms with Crippen molar-refractivity contribution < 1.29 is 41.8 Å². The highest BCUT2D eigenvalue weighted by molar-refractivity contribution is 9.10. The molecule has 3 amide bonds. The number of carbonyl (C=O) groups is 3. The van der Waals surface area contributed by atoms with Crippen LogP contribution in [0.2, 0.25) is 0 Å². The molecule has 0 radical (unpaired) electrons. The summed E-state index contributed by atoms with van der Waals surface area (Å²) in [5.74, 6) is -2.14. The van der Waals surface area contributed by atoms with Gasteiger partial charge in [-0.25, -0.2) is 18.2 Å². The molecule has 4 aromatic carbocycles. The molecule has 6 heterocycles. The van der Waals surface area contributed by atoms with Gasteiger partial charge in [-0.1, -0.05) is 56.3 Å². The first-order chi connectivity index (χ1) is 46.1. The molecule has 3 fully saturated rings. The molecular formula is C69H77BrF3N17O7. The summed E-state index contributed by atoms with van der Waals surface area (Å²) in [6, 6.07) is 31.5. The fourth-order valence-corrected chi connectivity index (χ4v) is 12.7. The van der Waals surface area contributed by atoms with E-state index in [1.807, 2.05) is 32.0 Å². The van der Waals surface area contributed by atoms with Gasteiger partial charge in [0.2, 0.25) is 35.3 Å². The summed E-state index contributed by atoms with van der Waals surface area (Å²) in [7, 11) is 1.34. The second-order valence-electron chi connectivity index (χ2n) is 25.3. The fourth-order valence-electron chi connectivity index (χ4n) is 12.5. The normalized spacial score (nSPS) is 16.9. The molecule has 7 N–H and O–H groups in total. The van der Waals surface area contributed by atoms with Crippen LogP contribution in [0.5, 0.6) is 17.4 Å². The first-order valence-electron chi connectivity index (χ1n) is 31.8. The van der Waals surface area contributed by atoms with E-state index in [0.29, 0.717) is 56.6 Å². The molecule has 1 saturated carbocycles. The Bertz CT molecular complexity index is 4260. The van der Waals surface area contributed by atoms with Crippen molar-refractivity contribution in [3.8, 4) is 29.5 Å². The van der Waals surface area contributed by atoms with Gasteiger partial charge < -0.3 is 45.8 Å². The van der Waals surface area contributed by atoms with Crippen molar-refractivity contribution in [1.29, 1.82) is 10.5 Å². The maximum absolute atomic E-state index is 13.6. The molecule has 2 aliphatic heterocycles. The summed E-state index contributed by atoms with van der Waals surface area (Å²) >= 11 is 3.36. The standard InChI is InChI=1S/C29H41F2N5O.C20H15BrN6O.C20H21FN6O5/c1-19(2)27-34-33-20(3)36(27)25-17-23-9-10-24(18-25)35(23)16-13-26(21-7-5-4-6-8-21)32-28(37)22-11-14-29(30,31)15-12-22;1-11-7-14(10-23)8-12(2)17(11)28-19-16(21)18(24)26-20(27-19)25-15-5-3-13(9-22)4-6-15;1-10-25-26-17(32-10)16(30)24-20(2,3)19-23-13(14(28)18(31)27(19)4)15(29)22-9-11-5-7-12(21)8-6-11/h4-8,19,22-26H,9-18H2,1-3H3,(H,32,37);3-8H,1-2H3,(H3,24,25,26,27);5-8,28H,9H2,1-4H3,(H,22,29)(H,24,30)/t23-,24+,25?,26-;;/m0../s1. The van der Waals surface area contributed by atoms with E-state index in [1.165, 1.54) is 51.1 Å². The van der Waals surface area contributed by atoms with E-state index in [-0.39, 0.29) is 85.3 Å². The number of hydrogen-bond acceptors (Lipinski definition) is 19. The van der Waals surface area contributed by atoms with Crippen molar-refractivity contribution in [3.05, 3.63) is 180 Å². The number of nitriles is 2. The summed E-state index contributed by atoms with van der Waals surface area (Å²) in [6.45, 7) is 15.7. The second-order valence-corrected chi connectivity index (χ2v) is 26.1. The predicted octanol–water partition coefficient (Wildman–Crippen LogP) is 11.6. The molecule has 11 rings (SSSR count). The molecule has 508 valence electrons.